The topological polar surface area (TPSA) is 75.2 Å². The molecule has 7 heteroatoms. The Morgan fingerprint density at radius 2 is 2.04 bits per heavy atom. The van der Waals surface area contributed by atoms with Gasteiger partial charge < -0.3 is 25.0 Å². The standard InChI is InChI=1S/C19H30N4O3/c1-4-20-19(22-13-18(24)21-10-12-25-2)23-11-9-16(14-23)15-5-7-17(26-3)8-6-15/h5-8,16H,4,9-14H2,1-3H3,(H,20,22)(H,21,24). The van der Waals surface area contributed by atoms with Crippen molar-refractivity contribution in [3.8, 4) is 5.75 Å². The van der Waals surface area contributed by atoms with Gasteiger partial charge in [0.1, 0.15) is 12.3 Å². The molecule has 2 N–H and O–H groups in total. The molecular weight excluding hydrogens is 332 g/mol. The number of hydrogen-bond donors (Lipinski definition) is 2. The summed E-state index contributed by atoms with van der Waals surface area (Å²) in [5.41, 5.74) is 1.31. The van der Waals surface area contributed by atoms with E-state index in [4.69, 9.17) is 9.47 Å². The van der Waals surface area contributed by atoms with Crippen LogP contribution < -0.4 is 15.4 Å². The molecule has 0 radical (unpaired) electrons. The third-order valence-corrected chi connectivity index (χ3v) is 4.41. The molecule has 26 heavy (non-hydrogen) atoms. The Hall–Kier alpha value is -2.28. The fourth-order valence-corrected chi connectivity index (χ4v) is 3.02. The van der Waals surface area contributed by atoms with Crippen molar-refractivity contribution in [2.24, 2.45) is 4.99 Å². The van der Waals surface area contributed by atoms with Crippen molar-refractivity contribution in [1.29, 1.82) is 0 Å². The highest BCUT2D eigenvalue weighted by Crippen LogP contribution is 2.28. The van der Waals surface area contributed by atoms with Crippen LogP contribution in [0, 0.1) is 0 Å². The molecule has 144 valence electrons. The van der Waals surface area contributed by atoms with Crippen LogP contribution in [0.3, 0.4) is 0 Å². The lowest BCUT2D eigenvalue weighted by Crippen LogP contribution is -2.41. The van der Waals surface area contributed by atoms with Gasteiger partial charge in [-0.3, -0.25) is 4.79 Å². The average molecular weight is 362 g/mol. The number of carbonyl (C=O) groups excluding carboxylic acids is 1. The Morgan fingerprint density at radius 3 is 2.69 bits per heavy atom. The number of aliphatic imine (C=N–C) groups is 1. The SMILES string of the molecule is CCNC(=NCC(=O)NCCOC)N1CCC(c2ccc(OC)cc2)C1. The number of nitrogens with one attached hydrogen (secondary N) is 2. The van der Waals surface area contributed by atoms with E-state index in [1.54, 1.807) is 14.2 Å². The van der Waals surface area contributed by atoms with Gasteiger partial charge in [0.2, 0.25) is 5.91 Å². The van der Waals surface area contributed by atoms with E-state index < -0.39 is 0 Å². The maximum atomic E-state index is 11.9. The molecule has 0 aliphatic carbocycles. The molecule has 1 aliphatic heterocycles. The Balaban J connectivity index is 1.92. The first-order valence-corrected chi connectivity index (χ1v) is 9.10. The molecule has 0 aromatic heterocycles. The number of hydrogen-bond acceptors (Lipinski definition) is 4. The van der Waals surface area contributed by atoms with E-state index in [-0.39, 0.29) is 12.5 Å². The van der Waals surface area contributed by atoms with Crippen LogP contribution in [0.25, 0.3) is 0 Å². The molecule has 1 saturated heterocycles. The Kier molecular flexibility index (Phi) is 8.21. The van der Waals surface area contributed by atoms with Crippen molar-refractivity contribution < 1.29 is 14.3 Å². The first-order valence-electron chi connectivity index (χ1n) is 9.10. The normalized spacial score (nSPS) is 17.3. The molecule has 1 aromatic carbocycles. The van der Waals surface area contributed by atoms with Gasteiger partial charge in [-0.1, -0.05) is 12.1 Å². The number of likely N-dealkylation sites (tertiary alicyclic amines) is 1. The van der Waals surface area contributed by atoms with Gasteiger partial charge in [0, 0.05) is 39.2 Å². The van der Waals surface area contributed by atoms with Gasteiger partial charge in [0.05, 0.1) is 13.7 Å². The molecule has 1 aromatic rings. The number of nitrogens with zero attached hydrogens (tertiary/aromatic N) is 2. The molecule has 7 nitrogen and oxygen atoms in total. The highest BCUT2D eigenvalue weighted by molar-refractivity contribution is 5.85. The molecular formula is C19H30N4O3. The maximum Gasteiger partial charge on any atom is 0.241 e. The minimum atomic E-state index is -0.0941. The molecule has 1 unspecified atom stereocenters. The monoisotopic (exact) mass is 362 g/mol. The van der Waals surface area contributed by atoms with Crippen LogP contribution in [0.1, 0.15) is 24.8 Å². The van der Waals surface area contributed by atoms with Crippen molar-refractivity contribution in [2.75, 3.05) is 53.6 Å². The van der Waals surface area contributed by atoms with Gasteiger partial charge in [0.25, 0.3) is 0 Å². The van der Waals surface area contributed by atoms with Crippen molar-refractivity contribution >= 4 is 11.9 Å². The van der Waals surface area contributed by atoms with E-state index >= 15 is 0 Å². The minimum absolute atomic E-state index is 0.0941. The fourth-order valence-electron chi connectivity index (χ4n) is 3.02. The second-order valence-corrected chi connectivity index (χ2v) is 6.22. The fraction of sp³-hybridized carbons (Fsp3) is 0.579. The summed E-state index contributed by atoms with van der Waals surface area (Å²) in [6.07, 6.45) is 1.07. The van der Waals surface area contributed by atoms with Gasteiger partial charge >= 0.3 is 0 Å². The van der Waals surface area contributed by atoms with Crippen LogP contribution in [0.5, 0.6) is 5.75 Å². The lowest BCUT2D eigenvalue weighted by Gasteiger charge is -2.21. The lowest BCUT2D eigenvalue weighted by molar-refractivity contribution is -0.119. The summed E-state index contributed by atoms with van der Waals surface area (Å²) in [7, 11) is 3.29. The van der Waals surface area contributed by atoms with Crippen LogP contribution in [0.2, 0.25) is 0 Å². The second kappa shape index (κ2) is 10.7. The number of rotatable bonds is 8. The average Bonchev–Trinajstić information content (AvgIpc) is 3.15. The van der Waals surface area contributed by atoms with Crippen LogP contribution in [0.4, 0.5) is 0 Å². The van der Waals surface area contributed by atoms with Crippen molar-refractivity contribution in [1.82, 2.24) is 15.5 Å². The summed E-state index contributed by atoms with van der Waals surface area (Å²) in [5.74, 6) is 2.03. The number of methoxy groups -OCH3 is 2. The second-order valence-electron chi connectivity index (χ2n) is 6.22. The summed E-state index contributed by atoms with van der Waals surface area (Å²) >= 11 is 0. The zero-order valence-electron chi connectivity index (χ0n) is 16.0. The zero-order chi connectivity index (χ0) is 18.8. The molecule has 1 fully saturated rings. The van der Waals surface area contributed by atoms with E-state index in [0.717, 1.165) is 37.8 Å². The van der Waals surface area contributed by atoms with Crippen LogP contribution in [-0.4, -0.2) is 70.3 Å². The van der Waals surface area contributed by atoms with Gasteiger partial charge in [-0.25, -0.2) is 4.99 Å². The van der Waals surface area contributed by atoms with E-state index in [2.05, 4.69) is 32.7 Å². The summed E-state index contributed by atoms with van der Waals surface area (Å²) in [6, 6.07) is 8.25. The minimum Gasteiger partial charge on any atom is -0.497 e. The van der Waals surface area contributed by atoms with E-state index in [0.29, 0.717) is 19.1 Å². The van der Waals surface area contributed by atoms with Gasteiger partial charge in [-0.05, 0) is 31.0 Å². The van der Waals surface area contributed by atoms with E-state index in [1.807, 2.05) is 19.1 Å². The lowest BCUT2D eigenvalue weighted by atomic mass is 9.98. The molecule has 1 aliphatic rings. The van der Waals surface area contributed by atoms with Crippen LogP contribution in [-0.2, 0) is 9.53 Å². The Morgan fingerprint density at radius 1 is 1.27 bits per heavy atom. The number of benzene rings is 1. The molecule has 0 spiro atoms. The Labute approximate surface area is 155 Å². The van der Waals surface area contributed by atoms with Crippen LogP contribution in [0.15, 0.2) is 29.3 Å². The van der Waals surface area contributed by atoms with Crippen molar-refractivity contribution in [3.05, 3.63) is 29.8 Å². The Bertz CT molecular complexity index is 589. The quantitative estimate of drug-likeness (QED) is 0.413. The number of amides is 1. The summed E-state index contributed by atoms with van der Waals surface area (Å²) < 4.78 is 10.2. The highest BCUT2D eigenvalue weighted by atomic mass is 16.5. The zero-order valence-corrected chi connectivity index (χ0v) is 16.0. The number of carbonyl (C=O) groups is 1. The predicted octanol–water partition coefficient (Wildman–Crippen LogP) is 1.21. The van der Waals surface area contributed by atoms with Crippen LogP contribution >= 0.6 is 0 Å². The smallest absolute Gasteiger partial charge is 0.241 e. The first-order chi connectivity index (χ1) is 12.7. The van der Waals surface area contributed by atoms with E-state index in [9.17, 15) is 4.79 Å². The first kappa shape index (κ1) is 20.0. The molecule has 0 saturated carbocycles. The van der Waals surface area contributed by atoms with Gasteiger partial charge in [0.15, 0.2) is 5.96 Å². The third-order valence-electron chi connectivity index (χ3n) is 4.41. The third kappa shape index (κ3) is 5.91. The molecule has 1 heterocycles. The van der Waals surface area contributed by atoms with Crippen molar-refractivity contribution in [2.45, 2.75) is 19.3 Å². The molecule has 2 rings (SSSR count). The summed E-state index contributed by atoms with van der Waals surface area (Å²) in [4.78, 5) is 18.6. The molecule has 1 amide bonds. The summed E-state index contributed by atoms with van der Waals surface area (Å²) in [6.45, 7) is 5.75. The summed E-state index contributed by atoms with van der Waals surface area (Å²) in [5, 5.41) is 6.08. The highest BCUT2D eigenvalue weighted by Gasteiger charge is 2.26. The predicted molar refractivity (Wildman–Crippen MR) is 103 cm³/mol. The maximum absolute atomic E-state index is 11.9. The van der Waals surface area contributed by atoms with Gasteiger partial charge in [-0.2, -0.15) is 0 Å². The number of guanidine groups is 1. The van der Waals surface area contributed by atoms with E-state index in [1.165, 1.54) is 5.56 Å². The largest absolute Gasteiger partial charge is 0.497 e. The van der Waals surface area contributed by atoms with Gasteiger partial charge in [-0.15, -0.1) is 0 Å². The van der Waals surface area contributed by atoms with Crippen molar-refractivity contribution in [3.63, 3.8) is 0 Å². The molecule has 0 bridgehead atoms. The number of ether oxygens (including phenoxy) is 2. The molecule has 1 atom stereocenters.